The average Bonchev–Trinajstić information content (AvgIpc) is 3.27. The number of nitriles is 2. The van der Waals surface area contributed by atoms with E-state index >= 15 is 0 Å². The van der Waals surface area contributed by atoms with Crippen LogP contribution >= 0.6 is 39.5 Å². The lowest BCUT2D eigenvalue weighted by Gasteiger charge is -2.32. The van der Waals surface area contributed by atoms with Crippen molar-refractivity contribution in [2.24, 2.45) is 21.6 Å². The Kier molecular flexibility index (Phi) is 6.39. The molecule has 0 saturated heterocycles. The van der Waals surface area contributed by atoms with Crippen molar-refractivity contribution in [3.63, 3.8) is 0 Å². The fourth-order valence-corrected chi connectivity index (χ4v) is 8.35. The number of nitrogens with zero attached hydrogens (tertiary/aromatic N) is 3. The van der Waals surface area contributed by atoms with Crippen LogP contribution in [0.2, 0.25) is 0 Å². The number of benzene rings is 1. The van der Waals surface area contributed by atoms with Crippen LogP contribution in [0.3, 0.4) is 0 Å². The Balaban J connectivity index is 2.10. The van der Waals surface area contributed by atoms with Crippen LogP contribution in [0.1, 0.15) is 51.0 Å². The predicted octanol–water partition coefficient (Wildman–Crippen LogP) is 5.66. The molecule has 148 valence electrons. The van der Waals surface area contributed by atoms with Crippen LogP contribution in [0.25, 0.3) is 0 Å². The van der Waals surface area contributed by atoms with Crippen molar-refractivity contribution in [1.29, 1.82) is 10.5 Å². The summed E-state index contributed by atoms with van der Waals surface area (Å²) in [7, 11) is 0. The number of unbranched alkanes of at least 4 members (excludes halogenated alkanes) is 2. The fourth-order valence-electron chi connectivity index (χ4n) is 4.25. The van der Waals surface area contributed by atoms with Gasteiger partial charge in [0.25, 0.3) is 0 Å². The largest absolute Gasteiger partial charge is 0.386 e. The van der Waals surface area contributed by atoms with Gasteiger partial charge < -0.3 is 5.73 Å². The Morgan fingerprint density at radius 2 is 1.79 bits per heavy atom. The van der Waals surface area contributed by atoms with Crippen LogP contribution in [0.15, 0.2) is 33.7 Å². The zero-order valence-electron chi connectivity index (χ0n) is 16.2. The van der Waals surface area contributed by atoms with Crippen LogP contribution in [-0.4, -0.2) is 21.5 Å². The molecule has 3 unspecified atom stereocenters. The second-order valence-corrected chi connectivity index (χ2v) is 11.1. The first kappa shape index (κ1) is 21.6. The first-order valence-corrected chi connectivity index (χ1v) is 12.5. The summed E-state index contributed by atoms with van der Waals surface area (Å²) >= 11 is 6.95. The molecule has 1 aromatic rings. The molecule has 0 spiro atoms. The summed E-state index contributed by atoms with van der Waals surface area (Å²) in [4.78, 5) is 4.84. The SMILES string of the molecule is CCCCSC1(SCCCC)N=C(N)C2(C#N)C(c3cccc(Br)c3)C12C#N. The summed E-state index contributed by atoms with van der Waals surface area (Å²) in [6.07, 6.45) is 4.28. The molecule has 0 amide bonds. The molecule has 1 heterocycles. The summed E-state index contributed by atoms with van der Waals surface area (Å²) in [5.41, 5.74) is 5.42. The highest BCUT2D eigenvalue weighted by Gasteiger charge is 2.91. The maximum Gasteiger partial charge on any atom is 0.175 e. The van der Waals surface area contributed by atoms with Gasteiger partial charge in [0, 0.05) is 10.4 Å². The first-order valence-electron chi connectivity index (χ1n) is 9.71. The highest BCUT2D eigenvalue weighted by atomic mass is 79.9. The summed E-state index contributed by atoms with van der Waals surface area (Å²) in [6, 6.07) is 12.9. The molecule has 1 aromatic carbocycles. The molecule has 1 fully saturated rings. The van der Waals surface area contributed by atoms with E-state index < -0.39 is 15.0 Å². The molecule has 0 bridgehead atoms. The number of hydrogen-bond acceptors (Lipinski definition) is 6. The van der Waals surface area contributed by atoms with E-state index in [2.05, 4.69) is 41.9 Å². The molecule has 0 aromatic heterocycles. The van der Waals surface area contributed by atoms with E-state index in [4.69, 9.17) is 10.7 Å². The molecule has 3 rings (SSSR count). The van der Waals surface area contributed by atoms with Crippen LogP contribution in [0.5, 0.6) is 0 Å². The number of aliphatic imine (C=N–C) groups is 1. The second kappa shape index (κ2) is 8.30. The quantitative estimate of drug-likeness (QED) is 0.367. The van der Waals surface area contributed by atoms with Gasteiger partial charge in [-0.3, -0.25) is 0 Å². The lowest BCUT2D eigenvalue weighted by atomic mass is 9.97. The van der Waals surface area contributed by atoms with Gasteiger partial charge in [0.2, 0.25) is 0 Å². The second-order valence-electron chi connectivity index (χ2n) is 7.31. The van der Waals surface area contributed by atoms with Crippen LogP contribution in [0.4, 0.5) is 0 Å². The number of nitrogens with two attached hydrogens (primary N) is 1. The van der Waals surface area contributed by atoms with Crippen LogP contribution < -0.4 is 5.73 Å². The van der Waals surface area contributed by atoms with Gasteiger partial charge in [0.1, 0.15) is 16.7 Å². The van der Waals surface area contributed by atoms with E-state index in [0.29, 0.717) is 5.84 Å². The minimum atomic E-state index is -1.04. The Bertz CT molecular complexity index is 849. The summed E-state index contributed by atoms with van der Waals surface area (Å²) < 4.78 is 0.216. The number of hydrogen-bond donors (Lipinski definition) is 1. The van der Waals surface area contributed by atoms with Gasteiger partial charge in [-0.05, 0) is 42.0 Å². The maximum absolute atomic E-state index is 10.5. The van der Waals surface area contributed by atoms with Crippen molar-refractivity contribution in [3.8, 4) is 12.1 Å². The highest BCUT2D eigenvalue weighted by molar-refractivity contribution is 9.10. The summed E-state index contributed by atoms with van der Waals surface area (Å²) in [6.45, 7) is 4.32. The average molecular weight is 477 g/mol. The number of halogens is 1. The fraction of sp³-hybridized carbons (Fsp3) is 0.571. The summed E-state index contributed by atoms with van der Waals surface area (Å²) in [5.74, 6) is 1.88. The van der Waals surface area contributed by atoms with Gasteiger partial charge in [0.05, 0.1) is 12.1 Å². The molecular weight excluding hydrogens is 452 g/mol. The van der Waals surface area contributed by atoms with E-state index in [-0.39, 0.29) is 5.92 Å². The highest BCUT2D eigenvalue weighted by Crippen LogP contribution is 2.85. The minimum absolute atomic E-state index is 0.256. The topological polar surface area (TPSA) is 86.0 Å². The Labute approximate surface area is 184 Å². The van der Waals surface area contributed by atoms with Gasteiger partial charge in [-0.2, -0.15) is 10.5 Å². The molecule has 3 atom stereocenters. The molecule has 2 N–H and O–H groups in total. The van der Waals surface area contributed by atoms with Gasteiger partial charge >= 0.3 is 0 Å². The molecule has 2 aliphatic rings. The molecule has 1 saturated carbocycles. The van der Waals surface area contributed by atoms with E-state index in [1.165, 1.54) is 0 Å². The number of rotatable bonds is 9. The van der Waals surface area contributed by atoms with Crippen molar-refractivity contribution in [2.45, 2.75) is 49.7 Å². The number of amidine groups is 1. The monoisotopic (exact) mass is 476 g/mol. The molecular formula is C21H25BrN4S2. The first-order chi connectivity index (χ1) is 13.5. The zero-order valence-corrected chi connectivity index (χ0v) is 19.5. The third-order valence-corrected chi connectivity index (χ3v) is 9.50. The third-order valence-electron chi connectivity index (χ3n) is 5.70. The van der Waals surface area contributed by atoms with Crippen molar-refractivity contribution in [3.05, 3.63) is 34.3 Å². The van der Waals surface area contributed by atoms with E-state index in [9.17, 15) is 10.5 Å². The smallest absolute Gasteiger partial charge is 0.175 e. The van der Waals surface area contributed by atoms with E-state index in [1.54, 1.807) is 23.5 Å². The van der Waals surface area contributed by atoms with Crippen molar-refractivity contribution < 1.29 is 0 Å². The van der Waals surface area contributed by atoms with Crippen LogP contribution in [-0.2, 0) is 0 Å². The Morgan fingerprint density at radius 1 is 1.14 bits per heavy atom. The standard InChI is InChI=1S/C21H25BrN4S2/c1-3-5-10-27-21(28-11-6-4-2)20(14-24)17(15-8-7-9-16(22)12-15)19(20,13-23)18(25)26-21/h7-9,12,17H,3-6,10-11H2,1-2H3,(H2,25,26). The molecule has 28 heavy (non-hydrogen) atoms. The Hall–Kier alpha value is -1.15. The van der Waals surface area contributed by atoms with Gasteiger partial charge in [0.15, 0.2) is 4.20 Å². The zero-order chi connectivity index (χ0) is 20.4. The van der Waals surface area contributed by atoms with Crippen LogP contribution in [0, 0.1) is 33.5 Å². The lowest BCUT2D eigenvalue weighted by Crippen LogP contribution is -2.32. The Morgan fingerprint density at radius 3 is 2.29 bits per heavy atom. The summed E-state index contributed by atoms with van der Waals surface area (Å²) in [5, 5.41) is 20.7. The van der Waals surface area contributed by atoms with E-state index in [0.717, 1.165) is 47.2 Å². The van der Waals surface area contributed by atoms with Gasteiger partial charge in [-0.15, -0.1) is 23.5 Å². The maximum atomic E-state index is 10.5. The molecule has 4 nitrogen and oxygen atoms in total. The number of fused-ring (bicyclic) bond motifs is 1. The van der Waals surface area contributed by atoms with Crippen molar-refractivity contribution >= 4 is 45.3 Å². The normalized spacial score (nSPS) is 29.5. The van der Waals surface area contributed by atoms with Crippen molar-refractivity contribution in [1.82, 2.24) is 0 Å². The van der Waals surface area contributed by atoms with E-state index in [1.807, 2.05) is 24.3 Å². The minimum Gasteiger partial charge on any atom is -0.386 e. The molecule has 0 radical (unpaired) electrons. The molecule has 7 heteroatoms. The molecule has 1 aliphatic heterocycles. The lowest BCUT2D eigenvalue weighted by molar-refractivity contribution is 0.562. The number of thioether (sulfide) groups is 2. The van der Waals surface area contributed by atoms with Crippen molar-refractivity contribution in [2.75, 3.05) is 11.5 Å². The predicted molar refractivity (Wildman–Crippen MR) is 122 cm³/mol. The van der Waals surface area contributed by atoms with Gasteiger partial charge in [-0.1, -0.05) is 54.8 Å². The third kappa shape index (κ3) is 2.90. The van der Waals surface area contributed by atoms with Gasteiger partial charge in [-0.25, -0.2) is 4.99 Å². The molecule has 1 aliphatic carbocycles.